The Hall–Kier alpha value is -2.52. The van der Waals surface area contributed by atoms with Crippen molar-refractivity contribution in [2.24, 2.45) is 0 Å². The van der Waals surface area contributed by atoms with Gasteiger partial charge < -0.3 is 15.3 Å². The third-order valence-corrected chi connectivity index (χ3v) is 7.04. The van der Waals surface area contributed by atoms with E-state index in [9.17, 15) is 27.9 Å². The van der Waals surface area contributed by atoms with Gasteiger partial charge in [-0.05, 0) is 44.0 Å². The van der Waals surface area contributed by atoms with E-state index >= 15 is 0 Å². The molecule has 2 amide bonds. The molecular formula is C24H27F3N2O3S. The lowest BCUT2D eigenvalue weighted by atomic mass is 9.90. The molecule has 0 aliphatic carbocycles. The number of alkyl halides is 3. The van der Waals surface area contributed by atoms with Gasteiger partial charge in [-0.25, -0.2) is 0 Å². The molecule has 1 fully saturated rings. The average molecular weight is 481 g/mol. The second-order valence-corrected chi connectivity index (χ2v) is 9.88. The Morgan fingerprint density at radius 3 is 2.30 bits per heavy atom. The lowest BCUT2D eigenvalue weighted by molar-refractivity contribution is -0.140. The van der Waals surface area contributed by atoms with Crippen molar-refractivity contribution in [1.29, 1.82) is 0 Å². The van der Waals surface area contributed by atoms with Crippen LogP contribution in [0.4, 0.5) is 13.2 Å². The molecule has 33 heavy (non-hydrogen) atoms. The summed E-state index contributed by atoms with van der Waals surface area (Å²) in [6.07, 6.45) is -4.82. The van der Waals surface area contributed by atoms with Crippen molar-refractivity contribution in [1.82, 2.24) is 10.2 Å². The van der Waals surface area contributed by atoms with E-state index in [1.807, 2.05) is 38.2 Å². The van der Waals surface area contributed by atoms with Crippen molar-refractivity contribution in [2.45, 2.75) is 61.7 Å². The number of nitrogens with one attached hydrogen (secondary N) is 1. The first-order valence-electron chi connectivity index (χ1n) is 10.6. The number of rotatable bonds is 7. The average Bonchev–Trinajstić information content (AvgIpc) is 3.06. The summed E-state index contributed by atoms with van der Waals surface area (Å²) in [6.45, 7) is 3.88. The highest BCUT2D eigenvalue weighted by atomic mass is 32.2. The molecular weight excluding hydrogens is 453 g/mol. The molecule has 5 nitrogen and oxygen atoms in total. The van der Waals surface area contributed by atoms with Gasteiger partial charge in [0, 0.05) is 10.9 Å². The van der Waals surface area contributed by atoms with Crippen molar-refractivity contribution in [3.63, 3.8) is 0 Å². The topological polar surface area (TPSA) is 69.6 Å². The maximum Gasteiger partial charge on any atom is 0.405 e. The van der Waals surface area contributed by atoms with Crippen molar-refractivity contribution < 1.29 is 27.9 Å². The number of nitrogens with zero attached hydrogens (tertiary/aromatic N) is 1. The SMILES string of the molecule is Cc1ccc(S[C@]2(C(=O)NCC(F)(F)F)CC(=O)N(C(C)C)[C@@H]2c2ccc(CO)cc2)cc1. The zero-order valence-corrected chi connectivity index (χ0v) is 19.5. The minimum absolute atomic E-state index is 0.174. The van der Waals surface area contributed by atoms with Crippen molar-refractivity contribution in [3.8, 4) is 0 Å². The Balaban J connectivity index is 2.14. The molecule has 1 saturated heterocycles. The number of carbonyl (C=O) groups excluding carboxylic acids is 2. The number of hydrogen-bond donors (Lipinski definition) is 2. The highest BCUT2D eigenvalue weighted by Crippen LogP contribution is 2.53. The first-order chi connectivity index (χ1) is 15.5. The molecule has 0 bridgehead atoms. The van der Waals surface area contributed by atoms with Crippen LogP contribution >= 0.6 is 11.8 Å². The molecule has 2 aromatic rings. The fourth-order valence-corrected chi connectivity index (χ4v) is 5.51. The summed E-state index contributed by atoms with van der Waals surface area (Å²) in [5.74, 6) is -1.14. The molecule has 2 N–H and O–H groups in total. The molecule has 2 atom stereocenters. The summed E-state index contributed by atoms with van der Waals surface area (Å²) in [5, 5.41) is 11.4. The number of benzene rings is 2. The summed E-state index contributed by atoms with van der Waals surface area (Å²) in [5.41, 5.74) is 2.27. The van der Waals surface area contributed by atoms with Crippen LogP contribution in [0.15, 0.2) is 53.4 Å². The summed E-state index contributed by atoms with van der Waals surface area (Å²) < 4.78 is 37.4. The molecule has 0 spiro atoms. The van der Waals surface area contributed by atoms with Crippen LogP contribution in [0.3, 0.4) is 0 Å². The fourth-order valence-electron chi connectivity index (χ4n) is 4.09. The zero-order chi connectivity index (χ0) is 24.4. The third kappa shape index (κ3) is 5.52. The second kappa shape index (κ2) is 9.77. The molecule has 1 heterocycles. The Morgan fingerprint density at radius 1 is 1.18 bits per heavy atom. The minimum atomic E-state index is -4.58. The summed E-state index contributed by atoms with van der Waals surface area (Å²) in [6, 6.07) is 13.0. The van der Waals surface area contributed by atoms with E-state index < -0.39 is 29.4 Å². The monoisotopic (exact) mass is 480 g/mol. The Kier molecular flexibility index (Phi) is 7.43. The Bertz CT molecular complexity index is 994. The van der Waals surface area contributed by atoms with Crippen molar-refractivity contribution in [3.05, 3.63) is 65.2 Å². The zero-order valence-electron chi connectivity index (χ0n) is 18.6. The number of thioether (sulfide) groups is 1. The fraction of sp³-hybridized carbons (Fsp3) is 0.417. The standard InChI is InChI=1S/C24H27F3N2O3S/c1-15(2)29-20(31)12-23(22(32)28-14-24(25,26)27,33-19-10-4-16(3)5-11-19)21(29)18-8-6-17(13-30)7-9-18/h4-11,15,21,30H,12-14H2,1-3H3,(H,28,32)/t21-,23-/m1/s1. The first-order valence-corrected chi connectivity index (χ1v) is 11.4. The van der Waals surface area contributed by atoms with Crippen LogP contribution in [0.1, 0.15) is 43.0 Å². The molecule has 3 rings (SSSR count). The van der Waals surface area contributed by atoms with Crippen LogP contribution in [0.2, 0.25) is 0 Å². The third-order valence-electron chi connectivity index (χ3n) is 5.61. The van der Waals surface area contributed by atoms with E-state index in [4.69, 9.17) is 0 Å². The van der Waals surface area contributed by atoms with Gasteiger partial charge in [-0.15, -0.1) is 11.8 Å². The normalized spacial score (nSPS) is 21.0. The van der Waals surface area contributed by atoms with Gasteiger partial charge >= 0.3 is 6.18 Å². The maximum atomic E-state index is 13.5. The molecule has 1 aliphatic heterocycles. The quantitative estimate of drug-likeness (QED) is 0.617. The number of likely N-dealkylation sites (tertiary alicyclic amines) is 1. The molecule has 0 radical (unpaired) electrons. The van der Waals surface area contributed by atoms with Gasteiger partial charge in [-0.3, -0.25) is 9.59 Å². The van der Waals surface area contributed by atoms with Gasteiger partial charge in [0.15, 0.2) is 0 Å². The molecule has 2 aromatic carbocycles. The number of amides is 2. The number of aliphatic hydroxyl groups excluding tert-OH is 1. The maximum absolute atomic E-state index is 13.5. The van der Waals surface area contributed by atoms with Gasteiger partial charge in [0.2, 0.25) is 11.8 Å². The number of halogens is 3. The van der Waals surface area contributed by atoms with Gasteiger partial charge in [0.25, 0.3) is 0 Å². The predicted octanol–water partition coefficient (Wildman–Crippen LogP) is 4.38. The molecule has 1 aliphatic rings. The number of aryl methyl sites for hydroxylation is 1. The summed E-state index contributed by atoms with van der Waals surface area (Å²) in [7, 11) is 0. The Labute approximate surface area is 195 Å². The van der Waals surface area contributed by atoms with Crippen LogP contribution in [0.5, 0.6) is 0 Å². The number of aliphatic hydroxyl groups is 1. The van der Waals surface area contributed by atoms with Gasteiger partial charge in [0.05, 0.1) is 19.1 Å². The number of hydrogen-bond acceptors (Lipinski definition) is 4. The van der Waals surface area contributed by atoms with E-state index in [2.05, 4.69) is 0 Å². The van der Waals surface area contributed by atoms with E-state index in [1.165, 1.54) is 0 Å². The van der Waals surface area contributed by atoms with Crippen molar-refractivity contribution >= 4 is 23.6 Å². The first kappa shape index (κ1) is 25.1. The molecule has 178 valence electrons. The highest BCUT2D eigenvalue weighted by Gasteiger charge is 2.58. The van der Waals surface area contributed by atoms with Crippen LogP contribution in [0.25, 0.3) is 0 Å². The Morgan fingerprint density at radius 2 is 1.79 bits per heavy atom. The van der Waals surface area contributed by atoms with Gasteiger partial charge in [0.1, 0.15) is 11.3 Å². The number of carbonyl (C=O) groups is 2. The lowest BCUT2D eigenvalue weighted by Crippen LogP contribution is -2.51. The van der Waals surface area contributed by atoms with Crippen molar-refractivity contribution in [2.75, 3.05) is 6.54 Å². The van der Waals surface area contributed by atoms with Gasteiger partial charge in [-0.1, -0.05) is 42.0 Å². The van der Waals surface area contributed by atoms with Crippen LogP contribution < -0.4 is 5.32 Å². The second-order valence-electron chi connectivity index (χ2n) is 8.48. The summed E-state index contributed by atoms with van der Waals surface area (Å²) >= 11 is 1.11. The smallest absolute Gasteiger partial charge is 0.392 e. The molecule has 0 saturated carbocycles. The molecule has 0 unspecified atom stereocenters. The molecule has 0 aromatic heterocycles. The molecule has 9 heteroatoms. The minimum Gasteiger partial charge on any atom is -0.392 e. The van der Waals surface area contributed by atoms with E-state index in [1.54, 1.807) is 41.3 Å². The predicted molar refractivity (Wildman–Crippen MR) is 121 cm³/mol. The van der Waals surface area contributed by atoms with Crippen LogP contribution in [0, 0.1) is 6.92 Å². The van der Waals surface area contributed by atoms with Crippen LogP contribution in [-0.4, -0.2) is 45.3 Å². The van der Waals surface area contributed by atoms with E-state index in [0.29, 0.717) is 16.0 Å². The lowest BCUT2D eigenvalue weighted by Gasteiger charge is -2.38. The van der Waals surface area contributed by atoms with E-state index in [0.717, 1.165) is 17.3 Å². The van der Waals surface area contributed by atoms with Crippen LogP contribution in [-0.2, 0) is 16.2 Å². The van der Waals surface area contributed by atoms with Gasteiger partial charge in [-0.2, -0.15) is 13.2 Å². The van der Waals surface area contributed by atoms with E-state index in [-0.39, 0.29) is 25.0 Å². The highest BCUT2D eigenvalue weighted by molar-refractivity contribution is 8.01. The largest absolute Gasteiger partial charge is 0.405 e. The summed E-state index contributed by atoms with van der Waals surface area (Å²) in [4.78, 5) is 28.9.